The van der Waals surface area contributed by atoms with Crippen molar-refractivity contribution in [2.75, 3.05) is 7.11 Å². The molecule has 2 N–H and O–H groups in total. The van der Waals surface area contributed by atoms with Crippen LogP contribution in [-0.4, -0.2) is 32.3 Å². The highest BCUT2D eigenvalue weighted by atomic mass is 32.2. The van der Waals surface area contributed by atoms with Gasteiger partial charge in [-0.25, -0.2) is 17.5 Å². The van der Waals surface area contributed by atoms with E-state index in [-0.39, 0.29) is 10.6 Å². The molecule has 0 aliphatic rings. The van der Waals surface area contributed by atoms with Gasteiger partial charge in [-0.3, -0.25) is 0 Å². The second kappa shape index (κ2) is 5.44. The Morgan fingerprint density at radius 1 is 1.42 bits per heavy atom. The zero-order valence-electron chi connectivity index (χ0n) is 11.3. The first-order valence-corrected chi connectivity index (χ1v) is 7.14. The van der Waals surface area contributed by atoms with E-state index in [9.17, 15) is 17.9 Å². The average molecular weight is 291 g/mol. The Bertz CT molecular complexity index is 555. The Kier molecular flexibility index (Phi) is 4.54. The summed E-state index contributed by atoms with van der Waals surface area (Å²) < 4.78 is 44.7. The van der Waals surface area contributed by atoms with Gasteiger partial charge < -0.3 is 9.84 Å². The van der Waals surface area contributed by atoms with Crippen molar-refractivity contribution in [1.29, 1.82) is 0 Å². The van der Waals surface area contributed by atoms with E-state index in [2.05, 4.69) is 4.72 Å². The largest absolute Gasteiger partial charge is 0.494 e. The van der Waals surface area contributed by atoms with Crippen LogP contribution in [0.25, 0.3) is 0 Å². The van der Waals surface area contributed by atoms with Crippen LogP contribution in [-0.2, 0) is 10.0 Å². The summed E-state index contributed by atoms with van der Waals surface area (Å²) in [6.45, 7) is 4.54. The predicted octanol–water partition coefficient (Wildman–Crippen LogP) is 1.27. The fourth-order valence-corrected chi connectivity index (χ4v) is 2.79. The Balaban J connectivity index is 3.11. The van der Waals surface area contributed by atoms with E-state index < -0.39 is 27.5 Å². The molecule has 0 saturated carbocycles. The number of halogens is 1. The molecule has 0 aliphatic carbocycles. The maximum Gasteiger partial charge on any atom is 0.241 e. The first kappa shape index (κ1) is 15.9. The molecule has 108 valence electrons. The van der Waals surface area contributed by atoms with E-state index in [1.54, 1.807) is 0 Å². The number of nitrogens with one attached hydrogen (secondary N) is 1. The van der Waals surface area contributed by atoms with E-state index in [0.717, 1.165) is 6.07 Å². The van der Waals surface area contributed by atoms with E-state index in [0.29, 0.717) is 0 Å². The number of aliphatic hydroxyl groups excluding tert-OH is 1. The maximum absolute atomic E-state index is 13.5. The summed E-state index contributed by atoms with van der Waals surface area (Å²) >= 11 is 0. The van der Waals surface area contributed by atoms with Crippen LogP contribution in [0.4, 0.5) is 4.39 Å². The number of hydrogen-bond acceptors (Lipinski definition) is 4. The monoisotopic (exact) mass is 291 g/mol. The third-order valence-corrected chi connectivity index (χ3v) is 4.54. The first-order valence-electron chi connectivity index (χ1n) is 5.66. The fourth-order valence-electron chi connectivity index (χ4n) is 1.30. The van der Waals surface area contributed by atoms with Crippen molar-refractivity contribution in [3.63, 3.8) is 0 Å². The van der Waals surface area contributed by atoms with Crippen LogP contribution < -0.4 is 9.46 Å². The molecule has 1 atom stereocenters. The van der Waals surface area contributed by atoms with Crippen LogP contribution in [0.3, 0.4) is 0 Å². The molecule has 0 bridgehead atoms. The molecule has 0 radical (unpaired) electrons. The first-order chi connectivity index (χ1) is 8.60. The van der Waals surface area contributed by atoms with Gasteiger partial charge >= 0.3 is 0 Å². The van der Waals surface area contributed by atoms with Gasteiger partial charge in [-0.15, -0.1) is 0 Å². The van der Waals surface area contributed by atoms with Crippen LogP contribution in [0.5, 0.6) is 5.75 Å². The highest BCUT2D eigenvalue weighted by Crippen LogP contribution is 2.22. The summed E-state index contributed by atoms with van der Waals surface area (Å²) in [6, 6.07) is 3.35. The number of ether oxygens (including phenoxy) is 1. The zero-order chi connectivity index (χ0) is 14.8. The van der Waals surface area contributed by atoms with Gasteiger partial charge in [-0.2, -0.15) is 0 Å². The molecule has 19 heavy (non-hydrogen) atoms. The van der Waals surface area contributed by atoms with Gasteiger partial charge in [0, 0.05) is 0 Å². The molecule has 1 aromatic carbocycles. The number of rotatable bonds is 5. The Morgan fingerprint density at radius 3 is 2.42 bits per heavy atom. The van der Waals surface area contributed by atoms with Crippen LogP contribution in [0.1, 0.15) is 20.8 Å². The van der Waals surface area contributed by atoms with Gasteiger partial charge in [-0.1, -0.05) is 0 Å². The summed E-state index contributed by atoms with van der Waals surface area (Å²) in [5.74, 6) is -0.797. The van der Waals surface area contributed by atoms with E-state index in [4.69, 9.17) is 4.74 Å². The van der Waals surface area contributed by atoms with Crippen molar-refractivity contribution in [2.45, 2.75) is 37.3 Å². The SMILES string of the molecule is COc1ccc(S(=O)(=O)NC(C)(C)C(C)O)cc1F. The predicted molar refractivity (Wildman–Crippen MR) is 69.0 cm³/mol. The lowest BCUT2D eigenvalue weighted by Gasteiger charge is -2.28. The minimum absolute atomic E-state index is 0.0336. The second-order valence-corrected chi connectivity index (χ2v) is 6.48. The van der Waals surface area contributed by atoms with Crippen LogP contribution in [0.15, 0.2) is 23.1 Å². The number of methoxy groups -OCH3 is 1. The highest BCUT2D eigenvalue weighted by Gasteiger charge is 2.30. The van der Waals surface area contributed by atoms with Crippen molar-refractivity contribution in [3.8, 4) is 5.75 Å². The number of benzene rings is 1. The molecule has 5 nitrogen and oxygen atoms in total. The molecule has 0 fully saturated rings. The summed E-state index contributed by atoms with van der Waals surface area (Å²) in [7, 11) is -2.62. The number of aliphatic hydroxyl groups is 1. The molecule has 1 rings (SSSR count). The molecular weight excluding hydrogens is 273 g/mol. The van der Waals surface area contributed by atoms with Gasteiger partial charge in [0.15, 0.2) is 11.6 Å². The van der Waals surface area contributed by atoms with Crippen LogP contribution in [0, 0.1) is 5.82 Å². The molecule has 0 aromatic heterocycles. The average Bonchev–Trinajstić information content (AvgIpc) is 2.27. The zero-order valence-corrected chi connectivity index (χ0v) is 12.1. The summed E-state index contributed by atoms with van der Waals surface area (Å²) in [5.41, 5.74) is -1.06. The third kappa shape index (κ3) is 3.65. The Labute approximate surface area is 112 Å². The van der Waals surface area contributed by atoms with E-state index in [1.165, 1.54) is 40.0 Å². The standard InChI is InChI=1S/C12H18FNO4S/c1-8(15)12(2,3)14-19(16,17)9-5-6-11(18-4)10(13)7-9/h5-8,14-15H,1-4H3. The Hall–Kier alpha value is -1.18. The minimum Gasteiger partial charge on any atom is -0.494 e. The maximum atomic E-state index is 13.5. The topological polar surface area (TPSA) is 75.6 Å². The van der Waals surface area contributed by atoms with Crippen molar-refractivity contribution >= 4 is 10.0 Å². The molecule has 0 spiro atoms. The minimum atomic E-state index is -3.92. The normalized spacial score (nSPS) is 14.2. The molecule has 1 aromatic rings. The summed E-state index contributed by atoms with van der Waals surface area (Å²) in [6.07, 6.45) is -0.898. The van der Waals surface area contributed by atoms with E-state index in [1.807, 2.05) is 0 Å². The lowest BCUT2D eigenvalue weighted by atomic mass is 10.0. The van der Waals surface area contributed by atoms with Crippen molar-refractivity contribution < 1.29 is 22.7 Å². The fraction of sp³-hybridized carbons (Fsp3) is 0.500. The molecule has 7 heteroatoms. The van der Waals surface area contributed by atoms with Gasteiger partial charge in [0.2, 0.25) is 10.0 Å². The van der Waals surface area contributed by atoms with Crippen molar-refractivity contribution in [1.82, 2.24) is 4.72 Å². The third-order valence-electron chi connectivity index (χ3n) is 2.88. The molecule has 1 unspecified atom stereocenters. The van der Waals surface area contributed by atoms with Gasteiger partial charge in [-0.05, 0) is 39.0 Å². The quantitative estimate of drug-likeness (QED) is 0.856. The van der Waals surface area contributed by atoms with Gasteiger partial charge in [0.25, 0.3) is 0 Å². The molecular formula is C12H18FNO4S. The highest BCUT2D eigenvalue weighted by molar-refractivity contribution is 7.89. The molecule has 0 heterocycles. The van der Waals surface area contributed by atoms with Gasteiger partial charge in [0.05, 0.1) is 23.6 Å². The summed E-state index contributed by atoms with van der Waals surface area (Å²) in [4.78, 5) is -0.223. The van der Waals surface area contributed by atoms with Crippen molar-refractivity contribution in [3.05, 3.63) is 24.0 Å². The Morgan fingerprint density at radius 2 is 2.00 bits per heavy atom. The van der Waals surface area contributed by atoms with E-state index >= 15 is 0 Å². The lowest BCUT2D eigenvalue weighted by molar-refractivity contribution is 0.111. The lowest BCUT2D eigenvalue weighted by Crippen LogP contribution is -2.50. The number of sulfonamides is 1. The second-order valence-electron chi connectivity index (χ2n) is 4.80. The molecule has 0 saturated heterocycles. The summed E-state index contributed by atoms with van der Waals surface area (Å²) in [5, 5.41) is 9.51. The molecule has 0 aliphatic heterocycles. The van der Waals surface area contributed by atoms with Gasteiger partial charge in [0.1, 0.15) is 0 Å². The van der Waals surface area contributed by atoms with Crippen LogP contribution in [0.2, 0.25) is 0 Å². The van der Waals surface area contributed by atoms with Crippen molar-refractivity contribution in [2.24, 2.45) is 0 Å². The number of hydrogen-bond donors (Lipinski definition) is 2. The van der Waals surface area contributed by atoms with Crippen LogP contribution >= 0.6 is 0 Å². The molecule has 0 amide bonds. The smallest absolute Gasteiger partial charge is 0.241 e.